The Morgan fingerprint density at radius 1 is 1.53 bits per heavy atom. The molecule has 1 aromatic heterocycles. The van der Waals surface area contributed by atoms with Crippen molar-refractivity contribution < 1.29 is 0 Å². The first-order valence-electron chi connectivity index (χ1n) is 5.51. The predicted octanol–water partition coefficient (Wildman–Crippen LogP) is 0.754. The smallest absolute Gasteiger partial charge is 0.125 e. The van der Waals surface area contributed by atoms with E-state index in [1.807, 2.05) is 13.0 Å². The van der Waals surface area contributed by atoms with E-state index in [1.54, 1.807) is 6.20 Å². The SMILES string of the molecule is Cc1nccc(CNC2CCC(N)C2)n1. The van der Waals surface area contributed by atoms with Crippen LogP contribution in [0.2, 0.25) is 0 Å². The lowest BCUT2D eigenvalue weighted by atomic mass is 10.2. The van der Waals surface area contributed by atoms with Crippen molar-refractivity contribution in [3.63, 3.8) is 0 Å². The highest BCUT2D eigenvalue weighted by atomic mass is 15.0. The van der Waals surface area contributed by atoms with Crippen molar-refractivity contribution in [2.45, 2.75) is 44.8 Å². The largest absolute Gasteiger partial charge is 0.328 e. The summed E-state index contributed by atoms with van der Waals surface area (Å²) in [5.41, 5.74) is 6.91. The molecule has 0 saturated heterocycles. The zero-order valence-electron chi connectivity index (χ0n) is 9.11. The van der Waals surface area contributed by atoms with Gasteiger partial charge in [0.15, 0.2) is 0 Å². The number of nitrogens with zero attached hydrogens (tertiary/aromatic N) is 2. The van der Waals surface area contributed by atoms with E-state index in [-0.39, 0.29) is 0 Å². The summed E-state index contributed by atoms with van der Waals surface area (Å²) in [7, 11) is 0. The lowest BCUT2D eigenvalue weighted by Gasteiger charge is -2.11. The molecule has 0 bridgehead atoms. The van der Waals surface area contributed by atoms with Crippen molar-refractivity contribution in [2.24, 2.45) is 5.73 Å². The van der Waals surface area contributed by atoms with Crippen LogP contribution in [0.3, 0.4) is 0 Å². The lowest BCUT2D eigenvalue weighted by Crippen LogP contribution is -2.28. The summed E-state index contributed by atoms with van der Waals surface area (Å²) in [6.07, 6.45) is 5.22. The fourth-order valence-electron chi connectivity index (χ4n) is 2.05. The molecule has 15 heavy (non-hydrogen) atoms. The monoisotopic (exact) mass is 206 g/mol. The van der Waals surface area contributed by atoms with E-state index < -0.39 is 0 Å². The molecule has 0 radical (unpaired) electrons. The van der Waals surface area contributed by atoms with Crippen LogP contribution in [0.15, 0.2) is 12.3 Å². The third-order valence-electron chi connectivity index (χ3n) is 2.88. The summed E-state index contributed by atoms with van der Waals surface area (Å²) in [5, 5.41) is 3.49. The summed E-state index contributed by atoms with van der Waals surface area (Å²) in [5.74, 6) is 0.831. The van der Waals surface area contributed by atoms with Gasteiger partial charge in [0, 0.05) is 24.8 Å². The Balaban J connectivity index is 1.83. The molecule has 2 atom stereocenters. The number of aryl methyl sites for hydroxylation is 1. The van der Waals surface area contributed by atoms with Crippen molar-refractivity contribution in [1.29, 1.82) is 0 Å². The standard InChI is InChI=1S/C11H18N4/c1-8-13-5-4-11(15-8)7-14-10-3-2-9(12)6-10/h4-5,9-10,14H,2-3,6-7,12H2,1H3. The van der Waals surface area contributed by atoms with Crippen LogP contribution in [-0.2, 0) is 6.54 Å². The second-order valence-electron chi connectivity index (χ2n) is 4.25. The molecule has 0 aromatic carbocycles. The van der Waals surface area contributed by atoms with Crippen molar-refractivity contribution in [3.05, 3.63) is 23.8 Å². The second-order valence-corrected chi connectivity index (χ2v) is 4.25. The van der Waals surface area contributed by atoms with Gasteiger partial charge in [-0.3, -0.25) is 0 Å². The molecule has 1 heterocycles. The van der Waals surface area contributed by atoms with Gasteiger partial charge in [-0.2, -0.15) is 0 Å². The van der Waals surface area contributed by atoms with Gasteiger partial charge >= 0.3 is 0 Å². The Bertz CT molecular complexity index is 326. The Morgan fingerprint density at radius 3 is 3.07 bits per heavy atom. The number of aromatic nitrogens is 2. The highest BCUT2D eigenvalue weighted by molar-refractivity contribution is 5.01. The molecule has 2 unspecified atom stereocenters. The first-order valence-corrected chi connectivity index (χ1v) is 5.51. The van der Waals surface area contributed by atoms with Crippen molar-refractivity contribution in [2.75, 3.05) is 0 Å². The van der Waals surface area contributed by atoms with Gasteiger partial charge in [-0.25, -0.2) is 9.97 Å². The molecule has 0 aliphatic heterocycles. The molecule has 1 fully saturated rings. The average Bonchev–Trinajstić information content (AvgIpc) is 2.62. The fraction of sp³-hybridized carbons (Fsp3) is 0.636. The molecule has 82 valence electrons. The average molecular weight is 206 g/mol. The van der Waals surface area contributed by atoms with Crippen LogP contribution in [0.5, 0.6) is 0 Å². The van der Waals surface area contributed by atoms with E-state index in [4.69, 9.17) is 5.73 Å². The number of nitrogens with one attached hydrogen (secondary N) is 1. The van der Waals surface area contributed by atoms with Crippen molar-refractivity contribution >= 4 is 0 Å². The van der Waals surface area contributed by atoms with Crippen LogP contribution in [0.25, 0.3) is 0 Å². The first-order chi connectivity index (χ1) is 7.24. The topological polar surface area (TPSA) is 63.8 Å². The number of hydrogen-bond donors (Lipinski definition) is 2. The van der Waals surface area contributed by atoms with Crippen molar-refractivity contribution in [3.8, 4) is 0 Å². The number of rotatable bonds is 3. The molecule has 4 heteroatoms. The zero-order chi connectivity index (χ0) is 10.7. The van der Waals surface area contributed by atoms with Gasteiger partial charge in [0.05, 0.1) is 5.69 Å². The van der Waals surface area contributed by atoms with Gasteiger partial charge in [0.25, 0.3) is 0 Å². The van der Waals surface area contributed by atoms with Crippen molar-refractivity contribution in [1.82, 2.24) is 15.3 Å². The molecular weight excluding hydrogens is 188 g/mol. The quantitative estimate of drug-likeness (QED) is 0.766. The Kier molecular flexibility index (Phi) is 3.28. The van der Waals surface area contributed by atoms with Crippen LogP contribution in [-0.4, -0.2) is 22.1 Å². The van der Waals surface area contributed by atoms with Crippen LogP contribution in [0.4, 0.5) is 0 Å². The second kappa shape index (κ2) is 4.68. The van der Waals surface area contributed by atoms with Gasteiger partial charge in [-0.05, 0) is 32.3 Å². The van der Waals surface area contributed by atoms with Gasteiger partial charge in [-0.15, -0.1) is 0 Å². The zero-order valence-corrected chi connectivity index (χ0v) is 9.11. The molecule has 4 nitrogen and oxygen atoms in total. The molecule has 0 amide bonds. The summed E-state index contributed by atoms with van der Waals surface area (Å²) >= 11 is 0. The minimum absolute atomic E-state index is 0.384. The molecule has 1 aromatic rings. The maximum atomic E-state index is 5.85. The minimum Gasteiger partial charge on any atom is -0.328 e. The predicted molar refractivity (Wildman–Crippen MR) is 59.2 cm³/mol. The number of nitrogens with two attached hydrogens (primary N) is 1. The van der Waals surface area contributed by atoms with Gasteiger partial charge < -0.3 is 11.1 Å². The normalized spacial score (nSPS) is 25.7. The van der Waals surface area contributed by atoms with Gasteiger partial charge in [0.1, 0.15) is 5.82 Å². The maximum absolute atomic E-state index is 5.85. The van der Waals surface area contributed by atoms with E-state index in [2.05, 4.69) is 15.3 Å². The third kappa shape index (κ3) is 2.97. The van der Waals surface area contributed by atoms with E-state index >= 15 is 0 Å². The Labute approximate surface area is 90.3 Å². The van der Waals surface area contributed by atoms with Crippen LogP contribution in [0, 0.1) is 6.92 Å². The van der Waals surface area contributed by atoms with E-state index in [9.17, 15) is 0 Å². The molecule has 1 aliphatic rings. The van der Waals surface area contributed by atoms with Gasteiger partial charge in [-0.1, -0.05) is 0 Å². The number of hydrogen-bond acceptors (Lipinski definition) is 4. The summed E-state index contributed by atoms with van der Waals surface area (Å²) in [4.78, 5) is 8.42. The molecular formula is C11H18N4. The van der Waals surface area contributed by atoms with Crippen LogP contribution >= 0.6 is 0 Å². The molecule has 2 rings (SSSR count). The van der Waals surface area contributed by atoms with E-state index in [0.29, 0.717) is 12.1 Å². The molecule has 1 aliphatic carbocycles. The fourth-order valence-corrected chi connectivity index (χ4v) is 2.05. The van der Waals surface area contributed by atoms with Crippen LogP contribution in [0.1, 0.15) is 30.8 Å². The summed E-state index contributed by atoms with van der Waals surface area (Å²) in [6.45, 7) is 2.73. The lowest BCUT2D eigenvalue weighted by molar-refractivity contribution is 0.511. The first kappa shape index (κ1) is 10.5. The summed E-state index contributed by atoms with van der Waals surface area (Å²) < 4.78 is 0. The highest BCUT2D eigenvalue weighted by Crippen LogP contribution is 2.17. The highest BCUT2D eigenvalue weighted by Gasteiger charge is 2.20. The van der Waals surface area contributed by atoms with E-state index in [0.717, 1.165) is 30.9 Å². The Morgan fingerprint density at radius 2 is 2.40 bits per heavy atom. The molecule has 1 saturated carbocycles. The molecule has 0 spiro atoms. The maximum Gasteiger partial charge on any atom is 0.125 e. The summed E-state index contributed by atoms with van der Waals surface area (Å²) in [6, 6.07) is 2.90. The minimum atomic E-state index is 0.384. The Hall–Kier alpha value is -1.00. The van der Waals surface area contributed by atoms with Crippen LogP contribution < -0.4 is 11.1 Å². The van der Waals surface area contributed by atoms with E-state index in [1.165, 1.54) is 6.42 Å². The van der Waals surface area contributed by atoms with Gasteiger partial charge in [0.2, 0.25) is 0 Å². The molecule has 3 N–H and O–H groups in total. The third-order valence-corrected chi connectivity index (χ3v) is 2.88.